The van der Waals surface area contributed by atoms with Gasteiger partial charge in [-0.25, -0.2) is 4.98 Å². The number of aryl methyl sites for hydroxylation is 2. The van der Waals surface area contributed by atoms with Crippen LogP contribution in [-0.4, -0.2) is 22.5 Å². The SMILES string of the molecule is Cc1nc(CN(CC#N)C(C)C)oc1C. The van der Waals surface area contributed by atoms with Crippen LogP contribution in [0.15, 0.2) is 4.42 Å². The Bertz CT molecular complexity index is 343. The van der Waals surface area contributed by atoms with E-state index in [2.05, 4.69) is 24.9 Å². The maximum Gasteiger partial charge on any atom is 0.208 e. The van der Waals surface area contributed by atoms with Crippen molar-refractivity contribution in [1.29, 1.82) is 5.26 Å². The molecule has 0 aromatic carbocycles. The molecule has 1 heterocycles. The highest BCUT2D eigenvalue weighted by Gasteiger charge is 2.13. The monoisotopic (exact) mass is 207 g/mol. The van der Waals surface area contributed by atoms with E-state index in [0.717, 1.165) is 11.5 Å². The van der Waals surface area contributed by atoms with E-state index in [9.17, 15) is 0 Å². The lowest BCUT2D eigenvalue weighted by atomic mass is 10.3. The number of nitriles is 1. The minimum Gasteiger partial charge on any atom is -0.444 e. The van der Waals surface area contributed by atoms with Crippen LogP contribution in [0.3, 0.4) is 0 Å². The Labute approximate surface area is 90.5 Å². The molecule has 0 atom stereocenters. The summed E-state index contributed by atoms with van der Waals surface area (Å²) >= 11 is 0. The Morgan fingerprint density at radius 2 is 2.13 bits per heavy atom. The van der Waals surface area contributed by atoms with Crippen LogP contribution in [0.25, 0.3) is 0 Å². The first-order valence-electron chi connectivity index (χ1n) is 5.08. The van der Waals surface area contributed by atoms with E-state index in [0.29, 0.717) is 25.0 Å². The summed E-state index contributed by atoms with van der Waals surface area (Å²) in [5.41, 5.74) is 0.922. The molecule has 82 valence electrons. The molecular weight excluding hydrogens is 190 g/mol. The molecule has 1 aromatic rings. The van der Waals surface area contributed by atoms with E-state index >= 15 is 0 Å². The van der Waals surface area contributed by atoms with Gasteiger partial charge in [-0.2, -0.15) is 5.26 Å². The summed E-state index contributed by atoms with van der Waals surface area (Å²) in [6, 6.07) is 2.46. The molecule has 0 bridgehead atoms. The Kier molecular flexibility index (Phi) is 3.87. The molecule has 0 aliphatic heterocycles. The summed E-state index contributed by atoms with van der Waals surface area (Å²) in [7, 11) is 0. The van der Waals surface area contributed by atoms with Gasteiger partial charge in [0, 0.05) is 6.04 Å². The molecule has 0 spiro atoms. The fraction of sp³-hybridized carbons (Fsp3) is 0.636. The Morgan fingerprint density at radius 3 is 2.53 bits per heavy atom. The molecule has 4 nitrogen and oxygen atoms in total. The Morgan fingerprint density at radius 1 is 1.47 bits per heavy atom. The van der Waals surface area contributed by atoms with Crippen molar-refractivity contribution in [3.63, 3.8) is 0 Å². The van der Waals surface area contributed by atoms with Gasteiger partial charge in [-0.15, -0.1) is 0 Å². The summed E-state index contributed by atoms with van der Waals surface area (Å²) in [6.07, 6.45) is 0. The molecule has 15 heavy (non-hydrogen) atoms. The van der Waals surface area contributed by atoms with Crippen LogP contribution in [0, 0.1) is 25.2 Å². The highest BCUT2D eigenvalue weighted by molar-refractivity contribution is 5.05. The van der Waals surface area contributed by atoms with Crippen LogP contribution in [0.4, 0.5) is 0 Å². The first kappa shape index (κ1) is 11.7. The average molecular weight is 207 g/mol. The smallest absolute Gasteiger partial charge is 0.208 e. The third-order valence-corrected chi connectivity index (χ3v) is 2.42. The molecule has 0 saturated carbocycles. The summed E-state index contributed by atoms with van der Waals surface area (Å²) < 4.78 is 5.48. The van der Waals surface area contributed by atoms with Crippen LogP contribution in [0.2, 0.25) is 0 Å². The van der Waals surface area contributed by atoms with Gasteiger partial charge in [-0.1, -0.05) is 0 Å². The van der Waals surface area contributed by atoms with Gasteiger partial charge in [0.2, 0.25) is 5.89 Å². The van der Waals surface area contributed by atoms with Crippen molar-refractivity contribution in [1.82, 2.24) is 9.88 Å². The fourth-order valence-corrected chi connectivity index (χ4v) is 1.29. The lowest BCUT2D eigenvalue weighted by molar-refractivity contribution is 0.215. The van der Waals surface area contributed by atoms with Crippen molar-refractivity contribution in [2.45, 2.75) is 40.3 Å². The number of hydrogen-bond acceptors (Lipinski definition) is 4. The number of hydrogen-bond donors (Lipinski definition) is 0. The molecule has 0 saturated heterocycles. The normalized spacial score (nSPS) is 11.0. The van der Waals surface area contributed by atoms with E-state index < -0.39 is 0 Å². The lowest BCUT2D eigenvalue weighted by Gasteiger charge is -2.21. The summed E-state index contributed by atoms with van der Waals surface area (Å²) in [5.74, 6) is 1.54. The topological polar surface area (TPSA) is 53.1 Å². The van der Waals surface area contributed by atoms with E-state index in [1.165, 1.54) is 0 Å². The van der Waals surface area contributed by atoms with Crippen molar-refractivity contribution in [2.24, 2.45) is 0 Å². The third kappa shape index (κ3) is 3.07. The van der Waals surface area contributed by atoms with Crippen molar-refractivity contribution < 1.29 is 4.42 Å². The summed E-state index contributed by atoms with van der Waals surface area (Å²) in [5, 5.41) is 8.68. The summed E-state index contributed by atoms with van der Waals surface area (Å²) in [6.45, 7) is 8.93. The highest BCUT2D eigenvalue weighted by atomic mass is 16.4. The molecule has 0 aliphatic rings. The minimum atomic E-state index is 0.317. The van der Waals surface area contributed by atoms with Crippen molar-refractivity contribution >= 4 is 0 Å². The van der Waals surface area contributed by atoms with E-state index in [4.69, 9.17) is 9.68 Å². The zero-order valence-corrected chi connectivity index (χ0v) is 9.74. The first-order chi connectivity index (χ1) is 7.04. The van der Waals surface area contributed by atoms with Crippen molar-refractivity contribution in [3.05, 3.63) is 17.3 Å². The average Bonchev–Trinajstić information content (AvgIpc) is 2.45. The van der Waals surface area contributed by atoms with E-state index in [1.807, 2.05) is 18.7 Å². The second-order valence-corrected chi connectivity index (χ2v) is 3.91. The second-order valence-electron chi connectivity index (χ2n) is 3.91. The van der Waals surface area contributed by atoms with Gasteiger partial charge in [0.1, 0.15) is 5.76 Å². The second kappa shape index (κ2) is 4.94. The predicted octanol–water partition coefficient (Wildman–Crippen LogP) is 2.03. The van der Waals surface area contributed by atoms with Crippen LogP contribution in [0.5, 0.6) is 0 Å². The maximum atomic E-state index is 8.68. The number of oxazole rings is 1. The molecule has 0 unspecified atom stereocenters. The molecular formula is C11H17N3O. The lowest BCUT2D eigenvalue weighted by Crippen LogP contribution is -2.30. The van der Waals surface area contributed by atoms with E-state index in [1.54, 1.807) is 0 Å². The Balaban J connectivity index is 2.70. The Hall–Kier alpha value is -1.34. The molecule has 0 fully saturated rings. The van der Waals surface area contributed by atoms with E-state index in [-0.39, 0.29) is 0 Å². The van der Waals surface area contributed by atoms with Gasteiger partial charge in [0.05, 0.1) is 24.9 Å². The number of nitrogens with zero attached hydrogens (tertiary/aromatic N) is 3. The number of rotatable bonds is 4. The molecule has 1 aromatic heterocycles. The fourth-order valence-electron chi connectivity index (χ4n) is 1.29. The third-order valence-electron chi connectivity index (χ3n) is 2.42. The van der Waals surface area contributed by atoms with Crippen LogP contribution in [-0.2, 0) is 6.54 Å². The largest absolute Gasteiger partial charge is 0.444 e. The minimum absolute atomic E-state index is 0.317. The molecule has 0 amide bonds. The van der Waals surface area contributed by atoms with Gasteiger partial charge < -0.3 is 4.42 Å². The zero-order valence-electron chi connectivity index (χ0n) is 9.74. The van der Waals surface area contributed by atoms with Crippen LogP contribution < -0.4 is 0 Å². The van der Waals surface area contributed by atoms with Gasteiger partial charge in [0.15, 0.2) is 0 Å². The molecule has 0 radical (unpaired) electrons. The quantitative estimate of drug-likeness (QED) is 0.709. The summed E-state index contributed by atoms with van der Waals surface area (Å²) in [4.78, 5) is 6.32. The predicted molar refractivity (Wildman–Crippen MR) is 57.1 cm³/mol. The number of aromatic nitrogens is 1. The van der Waals surface area contributed by atoms with Gasteiger partial charge in [-0.3, -0.25) is 4.90 Å². The first-order valence-corrected chi connectivity index (χ1v) is 5.08. The van der Waals surface area contributed by atoms with Crippen molar-refractivity contribution in [2.75, 3.05) is 6.54 Å². The van der Waals surface area contributed by atoms with Crippen LogP contribution >= 0.6 is 0 Å². The molecule has 1 rings (SSSR count). The van der Waals surface area contributed by atoms with Gasteiger partial charge in [0.25, 0.3) is 0 Å². The highest BCUT2D eigenvalue weighted by Crippen LogP contribution is 2.11. The van der Waals surface area contributed by atoms with Gasteiger partial charge in [-0.05, 0) is 27.7 Å². The zero-order chi connectivity index (χ0) is 11.4. The standard InChI is InChI=1S/C11H17N3O/c1-8(2)14(6-5-12)7-11-13-9(3)10(4)15-11/h8H,6-7H2,1-4H3. The molecule has 0 N–H and O–H groups in total. The van der Waals surface area contributed by atoms with Crippen LogP contribution in [0.1, 0.15) is 31.2 Å². The molecule has 0 aliphatic carbocycles. The van der Waals surface area contributed by atoms with Crippen molar-refractivity contribution in [3.8, 4) is 6.07 Å². The van der Waals surface area contributed by atoms with Gasteiger partial charge >= 0.3 is 0 Å². The maximum absolute atomic E-state index is 8.68. The molecule has 4 heteroatoms.